The molecule has 0 bridgehead atoms. The molecule has 0 N–H and O–H groups in total. The Bertz CT molecular complexity index is 443. The van der Waals surface area contributed by atoms with Crippen LogP contribution in [0.15, 0.2) is 55.5 Å². The van der Waals surface area contributed by atoms with Gasteiger partial charge in [0.25, 0.3) is 0 Å². The van der Waals surface area contributed by atoms with Crippen molar-refractivity contribution in [3.8, 4) is 0 Å². The molecule has 2 heteroatoms. The zero-order valence-corrected chi connectivity index (χ0v) is 8.80. The van der Waals surface area contributed by atoms with Crippen LogP contribution in [0.4, 0.5) is 0 Å². The maximum Gasteiger partial charge on any atom is 0.0957 e. The van der Waals surface area contributed by atoms with Gasteiger partial charge in [-0.15, -0.1) is 6.58 Å². The van der Waals surface area contributed by atoms with E-state index >= 15 is 0 Å². The molecule has 0 aliphatic heterocycles. The maximum atomic E-state index is 4.23. The number of rotatable bonds is 3. The first kappa shape index (κ1) is 9.71. The average molecular weight is 198 g/mol. The Labute approximate surface area is 89.9 Å². The van der Waals surface area contributed by atoms with Gasteiger partial charge >= 0.3 is 0 Å². The first-order valence-electron chi connectivity index (χ1n) is 4.99. The largest absolute Gasteiger partial charge is 0.326 e. The van der Waals surface area contributed by atoms with Gasteiger partial charge in [0.15, 0.2) is 0 Å². The van der Waals surface area contributed by atoms with Gasteiger partial charge in [0.1, 0.15) is 0 Å². The zero-order valence-electron chi connectivity index (χ0n) is 8.80. The molecule has 0 amide bonds. The summed E-state index contributed by atoms with van der Waals surface area (Å²) in [6.45, 7) is 5.86. The Morgan fingerprint density at radius 3 is 2.60 bits per heavy atom. The van der Waals surface area contributed by atoms with Crippen molar-refractivity contribution in [1.29, 1.82) is 0 Å². The number of aryl methyl sites for hydroxylation is 1. The SMILES string of the molecule is C=CC(c1ccccc1)n1cnc(C)c1. The van der Waals surface area contributed by atoms with Crippen molar-refractivity contribution in [3.05, 3.63) is 66.8 Å². The van der Waals surface area contributed by atoms with Gasteiger partial charge in [0, 0.05) is 6.20 Å². The summed E-state index contributed by atoms with van der Waals surface area (Å²) >= 11 is 0. The summed E-state index contributed by atoms with van der Waals surface area (Å²) in [5.41, 5.74) is 2.25. The molecule has 1 unspecified atom stereocenters. The van der Waals surface area contributed by atoms with E-state index in [-0.39, 0.29) is 6.04 Å². The van der Waals surface area contributed by atoms with Crippen LogP contribution in [-0.4, -0.2) is 9.55 Å². The van der Waals surface area contributed by atoms with E-state index < -0.39 is 0 Å². The number of hydrogen-bond acceptors (Lipinski definition) is 1. The predicted octanol–water partition coefficient (Wildman–Crippen LogP) is 2.97. The molecule has 2 aromatic rings. The molecule has 1 heterocycles. The molecular weight excluding hydrogens is 184 g/mol. The third kappa shape index (κ3) is 1.99. The van der Waals surface area contributed by atoms with Crippen molar-refractivity contribution in [2.75, 3.05) is 0 Å². The number of imidazole rings is 1. The van der Waals surface area contributed by atoms with Gasteiger partial charge in [-0.25, -0.2) is 4.98 Å². The van der Waals surface area contributed by atoms with Crippen LogP contribution in [0.1, 0.15) is 17.3 Å². The highest BCUT2D eigenvalue weighted by Gasteiger charge is 2.08. The second-order valence-corrected chi connectivity index (χ2v) is 3.55. The Kier molecular flexibility index (Phi) is 2.68. The minimum atomic E-state index is 0.174. The fourth-order valence-electron chi connectivity index (χ4n) is 1.67. The molecule has 1 atom stereocenters. The second kappa shape index (κ2) is 4.13. The summed E-state index contributed by atoms with van der Waals surface area (Å²) in [7, 11) is 0. The van der Waals surface area contributed by atoms with Gasteiger partial charge in [-0.1, -0.05) is 36.4 Å². The van der Waals surface area contributed by atoms with Crippen LogP contribution in [0.5, 0.6) is 0 Å². The fraction of sp³-hybridized carbons (Fsp3) is 0.154. The zero-order chi connectivity index (χ0) is 10.7. The minimum Gasteiger partial charge on any atom is -0.326 e. The Hall–Kier alpha value is -1.83. The first-order chi connectivity index (χ1) is 7.31. The van der Waals surface area contributed by atoms with E-state index in [4.69, 9.17) is 0 Å². The lowest BCUT2D eigenvalue weighted by atomic mass is 10.1. The van der Waals surface area contributed by atoms with Crippen LogP contribution < -0.4 is 0 Å². The molecule has 2 nitrogen and oxygen atoms in total. The Morgan fingerprint density at radius 2 is 2.07 bits per heavy atom. The highest BCUT2D eigenvalue weighted by Crippen LogP contribution is 2.19. The molecule has 2 rings (SSSR count). The van der Waals surface area contributed by atoms with E-state index in [0.29, 0.717) is 0 Å². The van der Waals surface area contributed by atoms with Crippen LogP contribution in [0, 0.1) is 6.92 Å². The lowest BCUT2D eigenvalue weighted by molar-refractivity contribution is 0.699. The van der Waals surface area contributed by atoms with Gasteiger partial charge in [0.05, 0.1) is 18.1 Å². The fourth-order valence-corrected chi connectivity index (χ4v) is 1.67. The first-order valence-corrected chi connectivity index (χ1v) is 4.99. The molecule has 0 aliphatic carbocycles. The van der Waals surface area contributed by atoms with Crippen LogP contribution in [-0.2, 0) is 0 Å². The molecular formula is C13H14N2. The molecule has 15 heavy (non-hydrogen) atoms. The lowest BCUT2D eigenvalue weighted by Gasteiger charge is -2.14. The molecule has 0 saturated carbocycles. The quantitative estimate of drug-likeness (QED) is 0.693. The standard InChI is InChI=1S/C13H14N2/c1-3-13(12-7-5-4-6-8-12)15-9-11(2)14-10-15/h3-10,13H,1H2,2H3. The van der Waals surface area contributed by atoms with Gasteiger partial charge in [-0.05, 0) is 12.5 Å². The van der Waals surface area contributed by atoms with Gasteiger partial charge in [0.2, 0.25) is 0 Å². The molecule has 0 aliphatic rings. The lowest BCUT2D eigenvalue weighted by Crippen LogP contribution is -2.05. The van der Waals surface area contributed by atoms with Crippen LogP contribution >= 0.6 is 0 Å². The molecule has 1 aromatic heterocycles. The van der Waals surface area contributed by atoms with Crippen molar-refractivity contribution < 1.29 is 0 Å². The monoisotopic (exact) mass is 198 g/mol. The highest BCUT2D eigenvalue weighted by atomic mass is 15.1. The third-order valence-electron chi connectivity index (χ3n) is 2.42. The number of allylic oxidation sites excluding steroid dienone is 1. The summed E-state index contributed by atoms with van der Waals surface area (Å²) in [6.07, 6.45) is 5.80. The number of nitrogens with zero attached hydrogens (tertiary/aromatic N) is 2. The van der Waals surface area contributed by atoms with Crippen molar-refractivity contribution >= 4 is 0 Å². The second-order valence-electron chi connectivity index (χ2n) is 3.55. The topological polar surface area (TPSA) is 17.8 Å². The highest BCUT2D eigenvalue weighted by molar-refractivity contribution is 5.23. The molecule has 0 fully saturated rings. The summed E-state index contributed by atoms with van der Waals surface area (Å²) in [5, 5.41) is 0. The minimum absolute atomic E-state index is 0.174. The Balaban J connectivity index is 2.37. The molecule has 0 spiro atoms. The van der Waals surface area contributed by atoms with E-state index in [1.807, 2.05) is 43.7 Å². The number of hydrogen-bond donors (Lipinski definition) is 0. The van der Waals surface area contributed by atoms with E-state index in [2.05, 4.69) is 28.3 Å². The smallest absolute Gasteiger partial charge is 0.0957 e. The summed E-state index contributed by atoms with van der Waals surface area (Å²) in [5.74, 6) is 0. The van der Waals surface area contributed by atoms with Crippen molar-refractivity contribution in [2.45, 2.75) is 13.0 Å². The van der Waals surface area contributed by atoms with Crippen molar-refractivity contribution in [2.24, 2.45) is 0 Å². The maximum absolute atomic E-state index is 4.23. The normalized spacial score (nSPS) is 12.3. The van der Waals surface area contributed by atoms with Crippen molar-refractivity contribution in [1.82, 2.24) is 9.55 Å². The van der Waals surface area contributed by atoms with E-state index in [0.717, 1.165) is 5.69 Å². The summed E-state index contributed by atoms with van der Waals surface area (Å²) in [6, 6.07) is 10.5. The summed E-state index contributed by atoms with van der Waals surface area (Å²) < 4.78 is 2.07. The Morgan fingerprint density at radius 1 is 1.33 bits per heavy atom. The number of benzene rings is 1. The predicted molar refractivity (Wildman–Crippen MR) is 61.7 cm³/mol. The van der Waals surface area contributed by atoms with E-state index in [1.54, 1.807) is 0 Å². The average Bonchev–Trinajstić information content (AvgIpc) is 2.68. The third-order valence-corrected chi connectivity index (χ3v) is 2.42. The van der Waals surface area contributed by atoms with E-state index in [1.165, 1.54) is 5.56 Å². The molecule has 76 valence electrons. The van der Waals surface area contributed by atoms with Gasteiger partial charge < -0.3 is 4.57 Å². The summed E-state index contributed by atoms with van der Waals surface area (Å²) in [4.78, 5) is 4.23. The molecule has 0 saturated heterocycles. The van der Waals surface area contributed by atoms with Crippen molar-refractivity contribution in [3.63, 3.8) is 0 Å². The van der Waals surface area contributed by atoms with E-state index in [9.17, 15) is 0 Å². The van der Waals surface area contributed by atoms with Gasteiger partial charge in [-0.2, -0.15) is 0 Å². The van der Waals surface area contributed by atoms with Crippen LogP contribution in [0.3, 0.4) is 0 Å². The number of aromatic nitrogens is 2. The van der Waals surface area contributed by atoms with Crippen LogP contribution in [0.2, 0.25) is 0 Å². The van der Waals surface area contributed by atoms with Gasteiger partial charge in [-0.3, -0.25) is 0 Å². The molecule has 0 radical (unpaired) electrons. The molecule has 1 aromatic carbocycles. The van der Waals surface area contributed by atoms with Crippen LogP contribution in [0.25, 0.3) is 0 Å².